The molecule has 0 N–H and O–H groups in total. The van der Waals surface area contributed by atoms with Gasteiger partial charge in [0, 0.05) is 19.0 Å². The van der Waals surface area contributed by atoms with Crippen LogP contribution in [-0.2, 0) is 25.8 Å². The van der Waals surface area contributed by atoms with Crippen LogP contribution in [0.1, 0.15) is 42.2 Å². The van der Waals surface area contributed by atoms with Crippen molar-refractivity contribution in [2.45, 2.75) is 48.2 Å². The number of sulfone groups is 1. The summed E-state index contributed by atoms with van der Waals surface area (Å²) in [5.74, 6) is -0.498. The molecule has 1 aromatic carbocycles. The quantitative estimate of drug-likeness (QED) is 0.573. The van der Waals surface area contributed by atoms with Gasteiger partial charge in [0.05, 0.1) is 29.9 Å². The van der Waals surface area contributed by atoms with Crippen molar-refractivity contribution < 1.29 is 27.1 Å². The summed E-state index contributed by atoms with van der Waals surface area (Å²) in [4.78, 5) is 30.9. The first-order valence-electron chi connectivity index (χ1n) is 10.6. The fourth-order valence-electron chi connectivity index (χ4n) is 4.21. The molecule has 0 unspecified atom stereocenters. The van der Waals surface area contributed by atoms with Crippen LogP contribution in [0, 0.1) is 11.0 Å². The van der Waals surface area contributed by atoms with Crippen molar-refractivity contribution in [3.63, 3.8) is 0 Å². The second-order valence-corrected chi connectivity index (χ2v) is 11.7. The van der Waals surface area contributed by atoms with Gasteiger partial charge in [-0.3, -0.25) is 4.79 Å². The number of ether oxygens (including phenoxy) is 1. The summed E-state index contributed by atoms with van der Waals surface area (Å²) < 4.78 is 43.1. The van der Waals surface area contributed by atoms with Crippen LogP contribution in [-0.4, -0.2) is 55.6 Å². The predicted octanol–water partition coefficient (Wildman–Crippen LogP) is 3.59. The molecule has 2 aliphatic rings. The molecule has 1 aliphatic carbocycles. The molecule has 1 aliphatic heterocycles. The Labute approximate surface area is 190 Å². The third kappa shape index (κ3) is 5.01. The molecule has 0 radical (unpaired) electrons. The lowest BCUT2D eigenvalue weighted by molar-refractivity contribution is -0.120. The molecule has 10 heteroatoms. The normalized spacial score (nSPS) is 19.7. The van der Waals surface area contributed by atoms with Crippen molar-refractivity contribution in [3.8, 4) is 0 Å². The largest absolute Gasteiger partial charge is 0.453 e. The van der Waals surface area contributed by atoms with Crippen molar-refractivity contribution >= 4 is 33.1 Å². The molecule has 2 fully saturated rings. The number of methoxy groups -OCH3 is 1. The van der Waals surface area contributed by atoms with Gasteiger partial charge in [-0.1, -0.05) is 23.5 Å². The maximum Gasteiger partial charge on any atom is 0.409 e. The summed E-state index contributed by atoms with van der Waals surface area (Å²) in [6, 6.07) is 6.55. The number of ketones is 1. The van der Waals surface area contributed by atoms with Crippen LogP contribution in [0.15, 0.2) is 35.4 Å². The molecule has 0 spiro atoms. The number of hydrogen-bond acceptors (Lipinski definition) is 7. The van der Waals surface area contributed by atoms with E-state index < -0.39 is 20.9 Å². The number of aromatic nitrogens is 1. The Morgan fingerprint density at radius 1 is 1.25 bits per heavy atom. The lowest BCUT2D eigenvalue weighted by atomic mass is 9.84. The summed E-state index contributed by atoms with van der Waals surface area (Å²) in [5, 5.41) is -0.329. The molecule has 1 saturated heterocycles. The van der Waals surface area contributed by atoms with E-state index in [1.54, 1.807) is 29.2 Å². The minimum atomic E-state index is -3.31. The molecule has 2 aromatic rings. The number of Topliss-reactive ketones (excluding diaryl/α,β-unsaturated/α-hetero) is 1. The number of rotatable bonds is 8. The van der Waals surface area contributed by atoms with Crippen LogP contribution in [0.5, 0.6) is 0 Å². The average molecular weight is 481 g/mol. The molecule has 0 bridgehead atoms. The Bertz CT molecular complexity index is 1100. The van der Waals surface area contributed by atoms with E-state index in [2.05, 4.69) is 4.98 Å². The van der Waals surface area contributed by atoms with E-state index in [0.29, 0.717) is 37.4 Å². The van der Waals surface area contributed by atoms with Crippen molar-refractivity contribution in [1.82, 2.24) is 9.88 Å². The molecule has 2 atom stereocenters. The number of carbonyl (C=O) groups excluding carboxylic acids is 2. The first-order chi connectivity index (χ1) is 15.3. The van der Waals surface area contributed by atoms with Crippen LogP contribution < -0.4 is 0 Å². The second kappa shape index (κ2) is 9.27. The first-order valence-corrected chi connectivity index (χ1v) is 12.9. The Morgan fingerprint density at radius 3 is 2.56 bits per heavy atom. The zero-order chi connectivity index (χ0) is 22.9. The molecule has 32 heavy (non-hydrogen) atoms. The summed E-state index contributed by atoms with van der Waals surface area (Å²) in [6.45, 7) is 1.06. The minimum absolute atomic E-state index is 0.00874. The Kier molecular flexibility index (Phi) is 6.62. The molecule has 1 aromatic heterocycles. The maximum atomic E-state index is 13.3. The van der Waals surface area contributed by atoms with Crippen molar-refractivity contribution in [3.05, 3.63) is 46.2 Å². The van der Waals surface area contributed by atoms with Gasteiger partial charge in [-0.15, -0.1) is 0 Å². The molecule has 1 amide bonds. The number of nitrogens with zero attached hydrogens (tertiary/aromatic N) is 2. The fourth-order valence-corrected chi connectivity index (χ4v) is 6.52. The van der Waals surface area contributed by atoms with Gasteiger partial charge in [-0.2, -0.15) is 4.39 Å². The fraction of sp³-hybridized carbons (Fsp3) is 0.500. The van der Waals surface area contributed by atoms with Gasteiger partial charge in [0.2, 0.25) is 0 Å². The van der Waals surface area contributed by atoms with Gasteiger partial charge in [0.15, 0.2) is 15.0 Å². The highest BCUT2D eigenvalue weighted by Gasteiger charge is 2.37. The first kappa shape index (κ1) is 22.8. The summed E-state index contributed by atoms with van der Waals surface area (Å²) in [5.41, 5.74) is 0.721. The lowest BCUT2D eigenvalue weighted by Gasteiger charge is -2.21. The number of hydrogen-bond donors (Lipinski definition) is 0. The van der Waals surface area contributed by atoms with Crippen molar-refractivity contribution in [2.24, 2.45) is 5.92 Å². The molecular formula is C22H25FN2O5S2. The zero-order valence-electron chi connectivity index (χ0n) is 17.7. The topological polar surface area (TPSA) is 93.6 Å². The van der Waals surface area contributed by atoms with Crippen LogP contribution in [0.2, 0.25) is 0 Å². The highest BCUT2D eigenvalue weighted by Crippen LogP contribution is 2.35. The monoisotopic (exact) mass is 480 g/mol. The molecule has 2 heterocycles. The predicted molar refractivity (Wildman–Crippen MR) is 117 cm³/mol. The lowest BCUT2D eigenvalue weighted by Crippen LogP contribution is -2.29. The number of likely N-dealkylation sites (tertiary alicyclic amines) is 1. The SMILES string of the molecule is COC(=O)N1CC[C@H](C[C@@H](C(=O)Cc2ncc(F)s2)c2ccc(S(=O)(=O)C3CC3)cc2)C1. The molecule has 7 nitrogen and oxygen atoms in total. The highest BCUT2D eigenvalue weighted by molar-refractivity contribution is 7.92. The van der Waals surface area contributed by atoms with Gasteiger partial charge in [0.1, 0.15) is 10.8 Å². The van der Waals surface area contributed by atoms with Crippen LogP contribution in [0.4, 0.5) is 9.18 Å². The van der Waals surface area contributed by atoms with E-state index in [9.17, 15) is 22.4 Å². The second-order valence-electron chi connectivity index (χ2n) is 8.37. The van der Waals surface area contributed by atoms with Gasteiger partial charge in [-0.05, 0) is 49.3 Å². The minimum Gasteiger partial charge on any atom is -0.453 e. The van der Waals surface area contributed by atoms with Gasteiger partial charge in [-0.25, -0.2) is 18.2 Å². The number of amides is 1. The van der Waals surface area contributed by atoms with Crippen molar-refractivity contribution in [1.29, 1.82) is 0 Å². The smallest absolute Gasteiger partial charge is 0.409 e. The third-order valence-corrected chi connectivity index (χ3v) is 9.17. The summed E-state index contributed by atoms with van der Waals surface area (Å²) in [6.07, 6.45) is 3.36. The average Bonchev–Trinajstić information content (AvgIpc) is 3.42. The zero-order valence-corrected chi connectivity index (χ0v) is 19.3. The van der Waals surface area contributed by atoms with Crippen LogP contribution in [0.25, 0.3) is 0 Å². The number of carbonyl (C=O) groups is 2. The van der Waals surface area contributed by atoms with E-state index in [1.807, 2.05) is 0 Å². The van der Waals surface area contributed by atoms with Crippen LogP contribution >= 0.6 is 11.3 Å². The maximum absolute atomic E-state index is 13.3. The molecule has 1 saturated carbocycles. The number of benzene rings is 1. The van der Waals surface area contributed by atoms with E-state index in [4.69, 9.17) is 4.74 Å². The number of halogens is 1. The van der Waals surface area contributed by atoms with Crippen molar-refractivity contribution in [2.75, 3.05) is 20.2 Å². The van der Waals surface area contributed by atoms with E-state index in [0.717, 1.165) is 29.5 Å². The number of thiazole rings is 1. The van der Waals surface area contributed by atoms with Gasteiger partial charge in [0.25, 0.3) is 0 Å². The van der Waals surface area contributed by atoms with Gasteiger partial charge < -0.3 is 9.64 Å². The summed E-state index contributed by atoms with van der Waals surface area (Å²) >= 11 is 0.847. The molecule has 172 valence electrons. The standard InChI is InChI=1S/C22H25FN2O5S2/c1-30-22(27)25-9-8-14(13-25)10-18(19(26)11-21-24-12-20(23)31-21)15-2-4-16(5-3-15)32(28,29)17-6-7-17/h2-5,12,14,17-18H,6-11,13H2,1H3/t14-,18-/m1/s1. The molecule has 4 rings (SSSR count). The van der Waals surface area contributed by atoms with E-state index in [-0.39, 0.29) is 34.4 Å². The van der Waals surface area contributed by atoms with E-state index in [1.165, 1.54) is 7.11 Å². The Hall–Kier alpha value is -2.33. The Morgan fingerprint density at radius 2 is 1.97 bits per heavy atom. The van der Waals surface area contributed by atoms with Crippen LogP contribution in [0.3, 0.4) is 0 Å². The third-order valence-electron chi connectivity index (χ3n) is 6.10. The van der Waals surface area contributed by atoms with Gasteiger partial charge >= 0.3 is 6.09 Å². The Balaban J connectivity index is 1.54. The molecular weight excluding hydrogens is 455 g/mol. The van der Waals surface area contributed by atoms with E-state index >= 15 is 0 Å². The highest BCUT2D eigenvalue weighted by atomic mass is 32.2. The summed E-state index contributed by atoms with van der Waals surface area (Å²) in [7, 11) is -1.97.